The molecule has 29 heavy (non-hydrogen) atoms. The molecule has 1 amide bonds. The van der Waals surface area contributed by atoms with Gasteiger partial charge in [-0.1, -0.05) is 24.3 Å². The van der Waals surface area contributed by atoms with E-state index in [4.69, 9.17) is 4.74 Å². The number of amides is 1. The molecular weight excluding hydrogens is 372 g/mol. The molecule has 146 valence electrons. The molecule has 0 unspecified atom stereocenters. The van der Waals surface area contributed by atoms with Crippen molar-refractivity contribution in [3.05, 3.63) is 76.6 Å². The van der Waals surface area contributed by atoms with Crippen LogP contribution in [0.5, 0.6) is 5.75 Å². The molecule has 0 fully saturated rings. The predicted molar refractivity (Wildman–Crippen MR) is 107 cm³/mol. The summed E-state index contributed by atoms with van der Waals surface area (Å²) in [6, 6.07) is 14.6. The molecule has 9 nitrogen and oxygen atoms in total. The normalized spacial score (nSPS) is 10.8. The Morgan fingerprint density at radius 1 is 1.17 bits per heavy atom. The number of hydrogen-bond acceptors (Lipinski definition) is 6. The lowest BCUT2D eigenvalue weighted by molar-refractivity contribution is -0.116. The molecule has 2 N–H and O–H groups in total. The van der Waals surface area contributed by atoms with Crippen LogP contribution in [0.1, 0.15) is 11.4 Å². The Bertz CT molecular complexity index is 1210. The zero-order valence-electron chi connectivity index (χ0n) is 15.6. The van der Waals surface area contributed by atoms with Gasteiger partial charge in [0.05, 0.1) is 24.3 Å². The Labute approximate surface area is 165 Å². The monoisotopic (exact) mass is 390 g/mol. The van der Waals surface area contributed by atoms with Crippen molar-refractivity contribution in [1.82, 2.24) is 24.7 Å². The quantitative estimate of drug-likeness (QED) is 0.518. The van der Waals surface area contributed by atoms with Gasteiger partial charge in [0.25, 0.3) is 5.56 Å². The minimum atomic E-state index is -0.417. The van der Waals surface area contributed by atoms with Crippen molar-refractivity contribution in [2.24, 2.45) is 0 Å². The number of fused-ring (bicyclic) bond motifs is 1. The summed E-state index contributed by atoms with van der Waals surface area (Å²) >= 11 is 0. The van der Waals surface area contributed by atoms with Crippen LogP contribution in [-0.4, -0.2) is 37.7 Å². The number of para-hydroxylation sites is 1. The van der Waals surface area contributed by atoms with Gasteiger partial charge in [0, 0.05) is 6.42 Å². The van der Waals surface area contributed by atoms with Crippen LogP contribution in [0.4, 0.5) is 5.95 Å². The van der Waals surface area contributed by atoms with Crippen LogP contribution in [-0.2, 0) is 17.8 Å². The molecule has 0 radical (unpaired) electrons. The van der Waals surface area contributed by atoms with Crippen molar-refractivity contribution < 1.29 is 9.53 Å². The van der Waals surface area contributed by atoms with Gasteiger partial charge in [-0.15, -0.1) is 5.10 Å². The zero-order valence-corrected chi connectivity index (χ0v) is 15.6. The van der Waals surface area contributed by atoms with E-state index in [1.165, 1.54) is 10.9 Å². The summed E-state index contributed by atoms with van der Waals surface area (Å²) in [5.41, 5.74) is 1.33. The minimum Gasteiger partial charge on any atom is -0.497 e. The van der Waals surface area contributed by atoms with Gasteiger partial charge in [-0.25, -0.2) is 4.98 Å². The number of hydrogen-bond donors (Lipinski definition) is 2. The van der Waals surface area contributed by atoms with Gasteiger partial charge in [0.1, 0.15) is 18.1 Å². The number of carbonyl (C=O) groups is 1. The van der Waals surface area contributed by atoms with Crippen LogP contribution >= 0.6 is 0 Å². The first kappa shape index (κ1) is 18.4. The van der Waals surface area contributed by atoms with Crippen molar-refractivity contribution in [3.8, 4) is 5.75 Å². The van der Waals surface area contributed by atoms with E-state index < -0.39 is 5.91 Å². The summed E-state index contributed by atoms with van der Waals surface area (Å²) in [5, 5.41) is 9.85. The van der Waals surface area contributed by atoms with Gasteiger partial charge in [0.15, 0.2) is 0 Å². The third kappa shape index (κ3) is 4.13. The van der Waals surface area contributed by atoms with Crippen molar-refractivity contribution in [2.75, 3.05) is 12.4 Å². The van der Waals surface area contributed by atoms with Crippen LogP contribution in [0.3, 0.4) is 0 Å². The first-order valence-electron chi connectivity index (χ1n) is 8.90. The molecule has 2 aromatic heterocycles. The third-order valence-corrected chi connectivity index (χ3v) is 4.36. The smallest absolute Gasteiger partial charge is 0.261 e. The topological polar surface area (TPSA) is 115 Å². The molecule has 9 heteroatoms. The average Bonchev–Trinajstić information content (AvgIpc) is 3.17. The SMILES string of the molecule is COc1ccc(Cc2nc(NC(=O)Cn3cnc4ccccc4c3=O)n[nH]2)cc1. The molecule has 4 aromatic rings. The molecule has 0 spiro atoms. The highest BCUT2D eigenvalue weighted by atomic mass is 16.5. The van der Waals surface area contributed by atoms with Crippen LogP contribution in [0.15, 0.2) is 59.7 Å². The molecule has 2 heterocycles. The molecule has 4 rings (SSSR count). The van der Waals surface area contributed by atoms with Crippen LogP contribution in [0, 0.1) is 0 Å². The van der Waals surface area contributed by atoms with E-state index in [9.17, 15) is 9.59 Å². The molecule has 0 bridgehead atoms. The van der Waals surface area contributed by atoms with E-state index >= 15 is 0 Å². The fourth-order valence-electron chi connectivity index (χ4n) is 2.90. The van der Waals surface area contributed by atoms with E-state index in [2.05, 4.69) is 25.5 Å². The number of nitrogens with zero attached hydrogens (tertiary/aromatic N) is 4. The van der Waals surface area contributed by atoms with Gasteiger partial charge >= 0.3 is 0 Å². The second-order valence-corrected chi connectivity index (χ2v) is 6.37. The lowest BCUT2D eigenvalue weighted by Crippen LogP contribution is -2.28. The fraction of sp³-hybridized carbons (Fsp3) is 0.150. The van der Waals surface area contributed by atoms with Crippen molar-refractivity contribution in [3.63, 3.8) is 0 Å². The number of H-pyrrole nitrogens is 1. The molecule has 0 aliphatic rings. The first-order valence-corrected chi connectivity index (χ1v) is 8.90. The van der Waals surface area contributed by atoms with Gasteiger partial charge in [-0.05, 0) is 29.8 Å². The Kier molecular flexibility index (Phi) is 5.02. The summed E-state index contributed by atoms with van der Waals surface area (Å²) in [6.07, 6.45) is 1.89. The molecule has 0 saturated heterocycles. The van der Waals surface area contributed by atoms with Gasteiger partial charge < -0.3 is 4.74 Å². The maximum absolute atomic E-state index is 12.5. The number of aromatic amines is 1. The Morgan fingerprint density at radius 2 is 1.97 bits per heavy atom. The molecule has 0 aliphatic carbocycles. The predicted octanol–water partition coefficient (Wildman–Crippen LogP) is 1.75. The number of methoxy groups -OCH3 is 1. The van der Waals surface area contributed by atoms with Crippen molar-refractivity contribution >= 4 is 22.8 Å². The van der Waals surface area contributed by atoms with Crippen molar-refractivity contribution in [2.45, 2.75) is 13.0 Å². The fourth-order valence-corrected chi connectivity index (χ4v) is 2.90. The molecular formula is C20H18N6O3. The number of rotatable bonds is 6. The number of carbonyl (C=O) groups excluding carboxylic acids is 1. The summed E-state index contributed by atoms with van der Waals surface area (Å²) < 4.78 is 6.39. The minimum absolute atomic E-state index is 0.153. The molecule has 2 aromatic carbocycles. The lowest BCUT2D eigenvalue weighted by Gasteiger charge is -2.05. The Hall–Kier alpha value is -4.01. The Balaban J connectivity index is 1.41. The highest BCUT2D eigenvalue weighted by Crippen LogP contribution is 2.14. The highest BCUT2D eigenvalue weighted by molar-refractivity contribution is 5.89. The average molecular weight is 390 g/mol. The summed E-state index contributed by atoms with van der Waals surface area (Å²) in [5.74, 6) is 1.12. The molecule has 0 atom stereocenters. The largest absolute Gasteiger partial charge is 0.497 e. The maximum Gasteiger partial charge on any atom is 0.261 e. The van der Waals surface area contributed by atoms with E-state index in [-0.39, 0.29) is 18.1 Å². The van der Waals surface area contributed by atoms with Crippen LogP contribution in [0.25, 0.3) is 10.9 Å². The van der Waals surface area contributed by atoms with E-state index in [1.54, 1.807) is 31.4 Å². The molecule has 0 saturated carbocycles. The second kappa shape index (κ2) is 7.93. The number of anilines is 1. The maximum atomic E-state index is 12.5. The number of nitrogens with one attached hydrogen (secondary N) is 2. The van der Waals surface area contributed by atoms with Crippen LogP contribution < -0.4 is 15.6 Å². The first-order chi connectivity index (χ1) is 14.1. The number of aromatic nitrogens is 5. The zero-order chi connectivity index (χ0) is 20.2. The lowest BCUT2D eigenvalue weighted by atomic mass is 10.1. The Morgan fingerprint density at radius 3 is 2.76 bits per heavy atom. The highest BCUT2D eigenvalue weighted by Gasteiger charge is 2.11. The second-order valence-electron chi connectivity index (χ2n) is 6.37. The van der Waals surface area contributed by atoms with E-state index in [1.807, 2.05) is 24.3 Å². The van der Waals surface area contributed by atoms with Crippen LogP contribution in [0.2, 0.25) is 0 Å². The number of benzene rings is 2. The number of ether oxygens (including phenoxy) is 1. The van der Waals surface area contributed by atoms with E-state index in [0.29, 0.717) is 23.1 Å². The van der Waals surface area contributed by atoms with Gasteiger partial charge in [-0.3, -0.25) is 24.6 Å². The summed E-state index contributed by atoms with van der Waals surface area (Å²) in [4.78, 5) is 33.2. The van der Waals surface area contributed by atoms with Gasteiger partial charge in [0.2, 0.25) is 11.9 Å². The standard InChI is InChI=1S/C20H18N6O3/c1-29-14-8-6-13(7-9-14)10-17-22-20(25-24-17)23-18(27)11-26-12-21-16-5-3-2-4-15(16)19(26)28/h2-9,12H,10-11H2,1H3,(H2,22,23,24,25,27). The van der Waals surface area contributed by atoms with E-state index in [0.717, 1.165) is 11.3 Å². The third-order valence-electron chi connectivity index (χ3n) is 4.36. The van der Waals surface area contributed by atoms with Crippen molar-refractivity contribution in [1.29, 1.82) is 0 Å². The summed E-state index contributed by atoms with van der Waals surface area (Å²) in [6.45, 7) is -0.182. The summed E-state index contributed by atoms with van der Waals surface area (Å²) in [7, 11) is 1.61. The molecule has 0 aliphatic heterocycles. The van der Waals surface area contributed by atoms with Gasteiger partial charge in [-0.2, -0.15) is 4.98 Å².